The molecule has 6 heteroatoms. The molecule has 1 atom stereocenters. The Kier molecular flexibility index (Phi) is 3.54. The Morgan fingerprint density at radius 2 is 2.25 bits per heavy atom. The van der Waals surface area contributed by atoms with E-state index < -0.39 is 11.2 Å². The fourth-order valence-corrected chi connectivity index (χ4v) is 1.21. The maximum absolute atomic E-state index is 11.8. The molecule has 5 N–H and O–H groups in total. The molecule has 90 valence electrons. The van der Waals surface area contributed by atoms with E-state index in [1.54, 1.807) is 0 Å². The Morgan fingerprint density at radius 3 is 2.62 bits per heavy atom. The summed E-state index contributed by atoms with van der Waals surface area (Å²) in [6.07, 6.45) is 1.34. The summed E-state index contributed by atoms with van der Waals surface area (Å²) in [5.41, 5.74) is 4.98. The molecule has 0 bridgehead atoms. The summed E-state index contributed by atoms with van der Waals surface area (Å²) >= 11 is 0. The summed E-state index contributed by atoms with van der Waals surface area (Å²) in [7, 11) is 0. The molecule has 1 heterocycles. The number of aromatic nitrogens is 2. The molecule has 1 aromatic heterocycles. The summed E-state index contributed by atoms with van der Waals surface area (Å²) in [5.74, 6) is -0.132. The van der Waals surface area contributed by atoms with Crippen molar-refractivity contribution < 1.29 is 4.79 Å². The maximum atomic E-state index is 11.8. The van der Waals surface area contributed by atoms with Crippen molar-refractivity contribution in [2.45, 2.75) is 26.3 Å². The van der Waals surface area contributed by atoms with Crippen molar-refractivity contribution in [3.8, 4) is 0 Å². The Morgan fingerprint density at radius 1 is 1.62 bits per heavy atom. The zero-order valence-corrected chi connectivity index (χ0v) is 9.76. The molecule has 0 aromatic carbocycles. The predicted molar refractivity (Wildman–Crippen MR) is 61.2 cm³/mol. The first-order chi connectivity index (χ1) is 7.39. The lowest BCUT2D eigenvalue weighted by Crippen LogP contribution is -2.55. The molecule has 0 aliphatic carbocycles. The lowest BCUT2D eigenvalue weighted by atomic mass is 9.88. The summed E-state index contributed by atoms with van der Waals surface area (Å²) in [5, 5.41) is 2.82. The van der Waals surface area contributed by atoms with Crippen molar-refractivity contribution >= 4 is 5.91 Å². The standard InChI is InChI=1S/C10H18N4O2/c1-6(2)10(3,5-11)14-8(15)7-4-12-9(16)13-7/h4,6H,5,11H2,1-3H3,(H,14,15)(H2,12,13,16). The second-order valence-corrected chi connectivity index (χ2v) is 4.39. The molecule has 1 aromatic rings. The largest absolute Gasteiger partial charge is 0.344 e. The Labute approximate surface area is 93.6 Å². The Bertz CT molecular complexity index is 420. The monoisotopic (exact) mass is 226 g/mol. The number of nitrogens with two attached hydrogens (primary N) is 1. The molecule has 0 saturated carbocycles. The molecule has 0 radical (unpaired) electrons. The molecular formula is C10H18N4O2. The van der Waals surface area contributed by atoms with Crippen LogP contribution in [0.3, 0.4) is 0 Å². The van der Waals surface area contributed by atoms with Crippen LogP contribution in [0.15, 0.2) is 11.0 Å². The smallest absolute Gasteiger partial charge is 0.323 e. The van der Waals surface area contributed by atoms with Gasteiger partial charge >= 0.3 is 5.69 Å². The van der Waals surface area contributed by atoms with Crippen molar-refractivity contribution in [3.63, 3.8) is 0 Å². The first kappa shape index (κ1) is 12.5. The van der Waals surface area contributed by atoms with Crippen molar-refractivity contribution in [2.24, 2.45) is 11.7 Å². The van der Waals surface area contributed by atoms with Gasteiger partial charge in [0.25, 0.3) is 5.91 Å². The SMILES string of the molecule is CC(C)C(C)(CN)NC(=O)c1c[nH]c(=O)[nH]1. The third-order valence-corrected chi connectivity index (χ3v) is 2.94. The highest BCUT2D eigenvalue weighted by atomic mass is 16.2. The second kappa shape index (κ2) is 4.52. The fraction of sp³-hybridized carbons (Fsp3) is 0.600. The first-order valence-corrected chi connectivity index (χ1v) is 5.19. The van der Waals surface area contributed by atoms with Gasteiger partial charge in [-0.25, -0.2) is 4.79 Å². The van der Waals surface area contributed by atoms with E-state index in [1.807, 2.05) is 20.8 Å². The van der Waals surface area contributed by atoms with Gasteiger partial charge in [0.05, 0.1) is 5.54 Å². The van der Waals surface area contributed by atoms with Crippen LogP contribution in [-0.4, -0.2) is 28.0 Å². The molecule has 0 spiro atoms. The van der Waals surface area contributed by atoms with Crippen LogP contribution < -0.4 is 16.7 Å². The van der Waals surface area contributed by atoms with E-state index in [2.05, 4.69) is 15.3 Å². The van der Waals surface area contributed by atoms with E-state index in [1.165, 1.54) is 6.20 Å². The van der Waals surface area contributed by atoms with Crippen molar-refractivity contribution in [2.75, 3.05) is 6.54 Å². The molecule has 1 unspecified atom stereocenters. The summed E-state index contributed by atoms with van der Waals surface area (Å²) in [4.78, 5) is 27.4. The van der Waals surface area contributed by atoms with Crippen LogP contribution in [0.5, 0.6) is 0 Å². The lowest BCUT2D eigenvalue weighted by Gasteiger charge is -2.33. The topological polar surface area (TPSA) is 104 Å². The number of aromatic amines is 2. The Hall–Kier alpha value is -1.56. The van der Waals surface area contributed by atoms with Crippen molar-refractivity contribution in [3.05, 3.63) is 22.4 Å². The summed E-state index contributed by atoms with van der Waals surface area (Å²) < 4.78 is 0. The average Bonchev–Trinajstić information content (AvgIpc) is 2.64. The van der Waals surface area contributed by atoms with Gasteiger partial charge in [-0.3, -0.25) is 4.79 Å². The third kappa shape index (κ3) is 2.52. The molecule has 16 heavy (non-hydrogen) atoms. The fourth-order valence-electron chi connectivity index (χ4n) is 1.21. The Balaban J connectivity index is 2.81. The number of nitrogens with one attached hydrogen (secondary N) is 3. The number of amides is 1. The number of carbonyl (C=O) groups is 1. The maximum Gasteiger partial charge on any atom is 0.323 e. The van der Waals surface area contributed by atoms with Crippen LogP contribution in [0.2, 0.25) is 0 Å². The van der Waals surface area contributed by atoms with Crippen LogP contribution in [0.4, 0.5) is 0 Å². The zero-order chi connectivity index (χ0) is 12.3. The van der Waals surface area contributed by atoms with E-state index in [0.29, 0.717) is 6.54 Å². The molecule has 0 aliphatic heterocycles. The number of hydrogen-bond acceptors (Lipinski definition) is 3. The van der Waals surface area contributed by atoms with E-state index in [-0.39, 0.29) is 17.5 Å². The molecule has 0 fully saturated rings. The van der Waals surface area contributed by atoms with Gasteiger partial charge in [0.2, 0.25) is 0 Å². The molecule has 6 nitrogen and oxygen atoms in total. The van der Waals surface area contributed by atoms with Crippen LogP contribution in [0.25, 0.3) is 0 Å². The van der Waals surface area contributed by atoms with E-state index in [9.17, 15) is 9.59 Å². The second-order valence-electron chi connectivity index (χ2n) is 4.39. The highest BCUT2D eigenvalue weighted by Crippen LogP contribution is 2.15. The molecule has 0 aliphatic rings. The van der Waals surface area contributed by atoms with Crippen molar-refractivity contribution in [1.29, 1.82) is 0 Å². The van der Waals surface area contributed by atoms with Crippen LogP contribution in [0, 0.1) is 5.92 Å². The molecule has 1 rings (SSSR count). The van der Waals surface area contributed by atoms with Gasteiger partial charge in [-0.15, -0.1) is 0 Å². The van der Waals surface area contributed by atoms with Crippen LogP contribution in [-0.2, 0) is 0 Å². The van der Waals surface area contributed by atoms with Gasteiger partial charge in [0, 0.05) is 12.7 Å². The van der Waals surface area contributed by atoms with Gasteiger partial charge in [-0.05, 0) is 12.8 Å². The van der Waals surface area contributed by atoms with Gasteiger partial charge in [0.1, 0.15) is 5.69 Å². The number of rotatable bonds is 4. The number of imidazole rings is 1. The van der Waals surface area contributed by atoms with Gasteiger partial charge in [0.15, 0.2) is 0 Å². The highest BCUT2D eigenvalue weighted by molar-refractivity contribution is 5.92. The van der Waals surface area contributed by atoms with Crippen molar-refractivity contribution in [1.82, 2.24) is 15.3 Å². The third-order valence-electron chi connectivity index (χ3n) is 2.94. The van der Waals surface area contributed by atoms with Gasteiger partial charge in [-0.1, -0.05) is 13.8 Å². The molecule has 1 amide bonds. The summed E-state index contributed by atoms with van der Waals surface area (Å²) in [6, 6.07) is 0. The summed E-state index contributed by atoms with van der Waals surface area (Å²) in [6.45, 7) is 6.17. The van der Waals surface area contributed by atoms with Gasteiger partial charge < -0.3 is 21.0 Å². The predicted octanol–water partition coefficient (Wildman–Crippen LogP) is -0.194. The van der Waals surface area contributed by atoms with Crippen LogP contribution >= 0.6 is 0 Å². The zero-order valence-electron chi connectivity index (χ0n) is 9.76. The van der Waals surface area contributed by atoms with E-state index >= 15 is 0 Å². The lowest BCUT2D eigenvalue weighted by molar-refractivity contribution is 0.0878. The van der Waals surface area contributed by atoms with Gasteiger partial charge in [-0.2, -0.15) is 0 Å². The average molecular weight is 226 g/mol. The number of hydrogen-bond donors (Lipinski definition) is 4. The van der Waals surface area contributed by atoms with E-state index in [4.69, 9.17) is 5.73 Å². The van der Waals surface area contributed by atoms with Crippen LogP contribution in [0.1, 0.15) is 31.3 Å². The highest BCUT2D eigenvalue weighted by Gasteiger charge is 2.29. The minimum atomic E-state index is -0.481. The molecule has 0 saturated heterocycles. The number of H-pyrrole nitrogens is 2. The van der Waals surface area contributed by atoms with E-state index in [0.717, 1.165) is 0 Å². The minimum Gasteiger partial charge on any atom is -0.344 e. The first-order valence-electron chi connectivity index (χ1n) is 5.19. The minimum absolute atomic E-state index is 0.201. The normalized spacial score (nSPS) is 14.8. The quantitative estimate of drug-likeness (QED) is 0.571. The number of carbonyl (C=O) groups excluding carboxylic acids is 1. The molecular weight excluding hydrogens is 208 g/mol.